The maximum atomic E-state index is 13.0. The third-order valence-corrected chi connectivity index (χ3v) is 7.05. The molecule has 0 bridgehead atoms. The zero-order valence-electron chi connectivity index (χ0n) is 17.0. The van der Waals surface area contributed by atoms with Crippen LogP contribution >= 0.6 is 11.8 Å². The van der Waals surface area contributed by atoms with E-state index < -0.39 is 0 Å². The number of hydrogen-bond donors (Lipinski definition) is 0. The molecule has 3 aliphatic rings. The minimum absolute atomic E-state index is 0.0108. The van der Waals surface area contributed by atoms with Gasteiger partial charge in [0.1, 0.15) is 5.82 Å². The summed E-state index contributed by atoms with van der Waals surface area (Å²) in [5, 5.41) is 0. The maximum absolute atomic E-state index is 13.0. The van der Waals surface area contributed by atoms with E-state index in [0.29, 0.717) is 31.9 Å². The lowest BCUT2D eigenvalue weighted by Gasteiger charge is -2.35. The van der Waals surface area contributed by atoms with Crippen LogP contribution in [0.5, 0.6) is 11.5 Å². The molecule has 162 valence electrons. The SMILES string of the molecule is O=C(CSc1ccc(F)cc1)N1CCN(C(=O)[C@@H]2C[C@@H]2c2ccc3c(c2)OCO3)CC1. The molecule has 8 heteroatoms. The molecule has 6 nitrogen and oxygen atoms in total. The summed E-state index contributed by atoms with van der Waals surface area (Å²) in [5.74, 6) is 2.00. The van der Waals surface area contributed by atoms with Crippen molar-refractivity contribution in [1.82, 2.24) is 9.80 Å². The second-order valence-electron chi connectivity index (χ2n) is 8.01. The van der Waals surface area contributed by atoms with Gasteiger partial charge in [-0.3, -0.25) is 9.59 Å². The summed E-state index contributed by atoms with van der Waals surface area (Å²) in [4.78, 5) is 30.0. The van der Waals surface area contributed by atoms with Crippen LogP contribution in [0.25, 0.3) is 0 Å². The van der Waals surface area contributed by atoms with Crippen molar-refractivity contribution in [3.63, 3.8) is 0 Å². The topological polar surface area (TPSA) is 59.1 Å². The van der Waals surface area contributed by atoms with Gasteiger partial charge in [-0.2, -0.15) is 0 Å². The summed E-state index contributed by atoms with van der Waals surface area (Å²) in [7, 11) is 0. The van der Waals surface area contributed by atoms with Gasteiger partial charge in [0.25, 0.3) is 0 Å². The van der Waals surface area contributed by atoms with Crippen LogP contribution < -0.4 is 9.47 Å². The van der Waals surface area contributed by atoms with Crippen LogP contribution in [-0.2, 0) is 9.59 Å². The molecule has 0 aromatic heterocycles. The molecule has 2 aliphatic heterocycles. The van der Waals surface area contributed by atoms with Gasteiger partial charge in [0.05, 0.1) is 5.75 Å². The second-order valence-corrected chi connectivity index (χ2v) is 9.06. The van der Waals surface area contributed by atoms with Crippen LogP contribution in [0.4, 0.5) is 4.39 Å². The fourth-order valence-electron chi connectivity index (χ4n) is 4.16. The number of carbonyl (C=O) groups excluding carboxylic acids is 2. The third kappa shape index (κ3) is 4.35. The van der Waals surface area contributed by atoms with Gasteiger partial charge in [-0.15, -0.1) is 11.8 Å². The highest BCUT2D eigenvalue weighted by Crippen LogP contribution is 2.50. The fourth-order valence-corrected chi connectivity index (χ4v) is 4.96. The first-order chi connectivity index (χ1) is 15.1. The minimum Gasteiger partial charge on any atom is -0.454 e. The Kier molecular flexibility index (Phi) is 5.48. The van der Waals surface area contributed by atoms with E-state index in [4.69, 9.17) is 9.47 Å². The number of rotatable bonds is 5. The Morgan fingerprint density at radius 1 is 0.968 bits per heavy atom. The number of fused-ring (bicyclic) bond motifs is 1. The van der Waals surface area contributed by atoms with E-state index in [9.17, 15) is 14.0 Å². The first-order valence-corrected chi connectivity index (χ1v) is 11.4. The minimum atomic E-state index is -0.284. The van der Waals surface area contributed by atoms with Gasteiger partial charge in [-0.25, -0.2) is 4.39 Å². The number of carbonyl (C=O) groups is 2. The molecule has 2 amide bonds. The van der Waals surface area contributed by atoms with Gasteiger partial charge < -0.3 is 19.3 Å². The molecular formula is C23H23FN2O4S. The lowest BCUT2D eigenvalue weighted by atomic mass is 10.1. The number of ether oxygens (including phenoxy) is 2. The Morgan fingerprint density at radius 3 is 2.45 bits per heavy atom. The lowest BCUT2D eigenvalue weighted by Crippen LogP contribution is -2.51. The van der Waals surface area contributed by atoms with Gasteiger partial charge >= 0.3 is 0 Å². The summed E-state index contributed by atoms with van der Waals surface area (Å²) in [6, 6.07) is 12.0. The average Bonchev–Trinajstić information content (AvgIpc) is 3.47. The third-order valence-electron chi connectivity index (χ3n) is 6.05. The molecule has 0 spiro atoms. The van der Waals surface area contributed by atoms with Gasteiger partial charge in [0, 0.05) is 37.0 Å². The summed E-state index contributed by atoms with van der Waals surface area (Å²) in [5.41, 5.74) is 1.12. The molecule has 2 aromatic carbocycles. The van der Waals surface area contributed by atoms with Crippen LogP contribution in [0.3, 0.4) is 0 Å². The van der Waals surface area contributed by atoms with Crippen molar-refractivity contribution in [3.05, 3.63) is 53.8 Å². The number of benzene rings is 2. The Balaban J connectivity index is 1.09. The molecule has 2 heterocycles. The molecule has 1 saturated carbocycles. The molecule has 2 atom stereocenters. The first kappa shape index (κ1) is 20.2. The zero-order chi connectivity index (χ0) is 21.4. The predicted octanol–water partition coefficient (Wildman–Crippen LogP) is 3.12. The van der Waals surface area contributed by atoms with Gasteiger partial charge in [-0.1, -0.05) is 6.07 Å². The van der Waals surface area contributed by atoms with Crippen LogP contribution in [-0.4, -0.2) is 60.3 Å². The zero-order valence-corrected chi connectivity index (χ0v) is 17.8. The van der Waals surface area contributed by atoms with Crippen LogP contribution in [0.1, 0.15) is 17.9 Å². The Bertz CT molecular complexity index is 992. The summed E-state index contributed by atoms with van der Waals surface area (Å²) < 4.78 is 23.8. The highest BCUT2D eigenvalue weighted by atomic mass is 32.2. The van der Waals surface area contributed by atoms with E-state index >= 15 is 0 Å². The molecule has 0 N–H and O–H groups in total. The smallest absolute Gasteiger partial charge is 0.233 e. The molecule has 0 unspecified atom stereocenters. The largest absolute Gasteiger partial charge is 0.454 e. The highest BCUT2D eigenvalue weighted by Gasteiger charge is 2.46. The number of halogens is 1. The number of hydrogen-bond acceptors (Lipinski definition) is 5. The van der Waals surface area contributed by atoms with Gasteiger partial charge in [-0.05, 0) is 54.3 Å². The van der Waals surface area contributed by atoms with E-state index in [1.165, 1.54) is 23.9 Å². The van der Waals surface area contributed by atoms with Gasteiger partial charge in [0.15, 0.2) is 11.5 Å². The Morgan fingerprint density at radius 2 is 1.68 bits per heavy atom. The van der Waals surface area contributed by atoms with E-state index in [2.05, 4.69) is 0 Å². The van der Waals surface area contributed by atoms with E-state index in [1.807, 2.05) is 28.0 Å². The molecule has 31 heavy (non-hydrogen) atoms. The number of amides is 2. The Hall–Kier alpha value is -2.74. The summed E-state index contributed by atoms with van der Waals surface area (Å²) in [6.45, 7) is 2.48. The molecule has 5 rings (SSSR count). The number of piperazine rings is 1. The lowest BCUT2D eigenvalue weighted by molar-refractivity contribution is -0.139. The van der Waals surface area contributed by atoms with Crippen molar-refractivity contribution in [1.29, 1.82) is 0 Å². The average molecular weight is 443 g/mol. The van der Waals surface area contributed by atoms with E-state index in [0.717, 1.165) is 28.4 Å². The monoisotopic (exact) mass is 442 g/mol. The Labute approximate surface area is 184 Å². The standard InChI is InChI=1S/C23H23FN2O4S/c24-16-2-4-17(5-3-16)31-13-22(27)25-7-9-26(10-8-25)23(28)19-12-18(19)15-1-6-20-21(11-15)30-14-29-20/h1-6,11,18-19H,7-10,12-14H2/t18-,19-/m1/s1. The number of thioether (sulfide) groups is 1. The highest BCUT2D eigenvalue weighted by molar-refractivity contribution is 8.00. The van der Waals surface area contributed by atoms with Crippen LogP contribution in [0.15, 0.2) is 47.4 Å². The van der Waals surface area contributed by atoms with Gasteiger partial charge in [0.2, 0.25) is 18.6 Å². The summed E-state index contributed by atoms with van der Waals surface area (Å²) >= 11 is 1.40. The predicted molar refractivity (Wildman–Crippen MR) is 114 cm³/mol. The van der Waals surface area contributed by atoms with Crippen molar-refractivity contribution in [3.8, 4) is 11.5 Å². The van der Waals surface area contributed by atoms with E-state index in [-0.39, 0.29) is 36.3 Å². The molecule has 1 aliphatic carbocycles. The van der Waals surface area contributed by atoms with Crippen molar-refractivity contribution in [2.24, 2.45) is 5.92 Å². The van der Waals surface area contributed by atoms with Crippen molar-refractivity contribution < 1.29 is 23.5 Å². The van der Waals surface area contributed by atoms with Crippen molar-refractivity contribution >= 4 is 23.6 Å². The molecule has 2 fully saturated rings. The van der Waals surface area contributed by atoms with Crippen LogP contribution in [0.2, 0.25) is 0 Å². The van der Waals surface area contributed by atoms with E-state index in [1.54, 1.807) is 12.1 Å². The van der Waals surface area contributed by atoms with Crippen LogP contribution in [0, 0.1) is 11.7 Å². The number of nitrogens with zero attached hydrogens (tertiary/aromatic N) is 2. The maximum Gasteiger partial charge on any atom is 0.233 e. The first-order valence-electron chi connectivity index (χ1n) is 10.4. The molecule has 0 radical (unpaired) electrons. The fraction of sp³-hybridized carbons (Fsp3) is 0.391. The van der Waals surface area contributed by atoms with Crippen molar-refractivity contribution in [2.45, 2.75) is 17.2 Å². The molecule has 2 aromatic rings. The molecule has 1 saturated heterocycles. The van der Waals surface area contributed by atoms with Crippen molar-refractivity contribution in [2.75, 3.05) is 38.7 Å². The normalized spacial score (nSPS) is 21.8. The summed E-state index contributed by atoms with van der Waals surface area (Å²) in [6.07, 6.45) is 0.853. The second kappa shape index (κ2) is 8.42. The molecular weight excluding hydrogens is 419 g/mol. The quantitative estimate of drug-likeness (QED) is 0.666.